The number of hydrogen-bond acceptors (Lipinski definition) is 2. The van der Waals surface area contributed by atoms with Crippen molar-refractivity contribution in [3.63, 3.8) is 0 Å². The molecule has 0 aliphatic rings. The molecule has 6 heteroatoms. The highest BCUT2D eigenvalue weighted by molar-refractivity contribution is 5.88. The molecule has 0 unspecified atom stereocenters. The average molecular weight is 465 g/mol. The zero-order chi connectivity index (χ0) is 24.3. The Labute approximate surface area is 199 Å². The van der Waals surface area contributed by atoms with Crippen molar-refractivity contribution in [1.82, 2.24) is 10.2 Å². The number of nitrogens with zero attached hydrogens (tertiary/aromatic N) is 1. The highest BCUT2D eigenvalue weighted by Crippen LogP contribution is 2.19. The Morgan fingerprint density at radius 3 is 2.06 bits per heavy atom. The molecule has 3 aromatic carbocycles. The minimum atomic E-state index is -0.877. The van der Waals surface area contributed by atoms with Gasteiger partial charge in [0.2, 0.25) is 11.8 Å². The summed E-state index contributed by atoms with van der Waals surface area (Å²) in [7, 11) is 0. The second kappa shape index (κ2) is 12.6. The molecule has 3 aromatic rings. The molecule has 0 spiro atoms. The standard InChI is InChI=1S/C28H30F2N2O2/c1-2-3-17-31-28(34)26(18-21-11-5-4-6-12-21)32(20-23-14-8-10-16-25(23)30)27(33)19-22-13-7-9-15-24(22)29/h4-16,26H,2-3,17-20H2,1H3,(H,31,34)/t26-/m0/s1. The lowest BCUT2D eigenvalue weighted by Crippen LogP contribution is -2.51. The topological polar surface area (TPSA) is 49.4 Å². The molecule has 0 saturated heterocycles. The van der Waals surface area contributed by atoms with Crippen LogP contribution in [0.25, 0.3) is 0 Å². The van der Waals surface area contributed by atoms with E-state index >= 15 is 0 Å². The molecule has 0 bridgehead atoms. The summed E-state index contributed by atoms with van der Waals surface area (Å²) in [5.74, 6) is -1.71. The summed E-state index contributed by atoms with van der Waals surface area (Å²) >= 11 is 0. The van der Waals surface area contributed by atoms with Gasteiger partial charge in [-0.25, -0.2) is 8.78 Å². The fourth-order valence-corrected chi connectivity index (χ4v) is 3.78. The maximum Gasteiger partial charge on any atom is 0.243 e. The number of carbonyl (C=O) groups is 2. The van der Waals surface area contributed by atoms with Crippen LogP contribution in [-0.4, -0.2) is 29.3 Å². The van der Waals surface area contributed by atoms with Crippen LogP contribution in [-0.2, 0) is 29.0 Å². The molecule has 178 valence electrons. The normalized spacial score (nSPS) is 11.6. The van der Waals surface area contributed by atoms with Gasteiger partial charge in [0.15, 0.2) is 0 Å². The number of nitrogens with one attached hydrogen (secondary N) is 1. The maximum absolute atomic E-state index is 14.5. The van der Waals surface area contributed by atoms with Crippen molar-refractivity contribution in [3.05, 3.63) is 107 Å². The van der Waals surface area contributed by atoms with E-state index in [1.807, 2.05) is 37.3 Å². The Bertz CT molecular complexity index is 1090. The molecular weight excluding hydrogens is 434 g/mol. The van der Waals surface area contributed by atoms with Crippen LogP contribution in [0.3, 0.4) is 0 Å². The molecule has 0 aliphatic carbocycles. The fraction of sp³-hybridized carbons (Fsp3) is 0.286. The molecule has 34 heavy (non-hydrogen) atoms. The number of hydrogen-bond donors (Lipinski definition) is 1. The maximum atomic E-state index is 14.5. The van der Waals surface area contributed by atoms with Crippen molar-refractivity contribution in [2.75, 3.05) is 6.54 Å². The lowest BCUT2D eigenvalue weighted by Gasteiger charge is -2.32. The molecule has 0 saturated carbocycles. The van der Waals surface area contributed by atoms with Crippen LogP contribution in [0.4, 0.5) is 8.78 Å². The Kier molecular flexibility index (Phi) is 9.32. The van der Waals surface area contributed by atoms with Gasteiger partial charge in [-0.3, -0.25) is 9.59 Å². The fourth-order valence-electron chi connectivity index (χ4n) is 3.78. The number of carbonyl (C=O) groups excluding carboxylic acids is 2. The number of unbranched alkanes of at least 4 members (excludes halogenated alkanes) is 1. The molecule has 0 radical (unpaired) electrons. The van der Waals surface area contributed by atoms with Gasteiger partial charge in [0.05, 0.1) is 6.42 Å². The van der Waals surface area contributed by atoms with Crippen molar-refractivity contribution in [2.45, 2.75) is 45.2 Å². The molecule has 0 fully saturated rings. The summed E-state index contributed by atoms with van der Waals surface area (Å²) in [6.45, 7) is 2.41. The van der Waals surface area contributed by atoms with Crippen LogP contribution in [0.15, 0.2) is 78.9 Å². The predicted octanol–water partition coefficient (Wildman–Crippen LogP) is 5.06. The minimum absolute atomic E-state index is 0.0986. The van der Waals surface area contributed by atoms with Gasteiger partial charge >= 0.3 is 0 Å². The van der Waals surface area contributed by atoms with E-state index in [1.165, 1.54) is 17.0 Å². The van der Waals surface area contributed by atoms with Gasteiger partial charge < -0.3 is 10.2 Å². The zero-order valence-electron chi connectivity index (χ0n) is 19.3. The van der Waals surface area contributed by atoms with Crippen LogP contribution < -0.4 is 5.32 Å². The van der Waals surface area contributed by atoms with Crippen molar-refractivity contribution in [1.29, 1.82) is 0 Å². The largest absolute Gasteiger partial charge is 0.354 e. The average Bonchev–Trinajstić information content (AvgIpc) is 2.84. The summed E-state index contributed by atoms with van der Waals surface area (Å²) in [4.78, 5) is 28.2. The van der Waals surface area contributed by atoms with E-state index < -0.39 is 23.6 Å². The molecule has 4 nitrogen and oxygen atoms in total. The van der Waals surface area contributed by atoms with E-state index in [1.54, 1.807) is 36.4 Å². The zero-order valence-corrected chi connectivity index (χ0v) is 19.3. The van der Waals surface area contributed by atoms with Gasteiger partial charge in [-0.05, 0) is 29.7 Å². The first-order chi connectivity index (χ1) is 16.5. The van der Waals surface area contributed by atoms with Crippen molar-refractivity contribution in [2.24, 2.45) is 0 Å². The second-order valence-corrected chi connectivity index (χ2v) is 8.23. The second-order valence-electron chi connectivity index (χ2n) is 8.23. The molecule has 1 atom stereocenters. The smallest absolute Gasteiger partial charge is 0.243 e. The monoisotopic (exact) mass is 464 g/mol. The molecule has 0 aromatic heterocycles. The van der Waals surface area contributed by atoms with Gasteiger partial charge in [-0.2, -0.15) is 0 Å². The molecule has 1 N–H and O–H groups in total. The Balaban J connectivity index is 1.96. The number of halogens is 2. The van der Waals surface area contributed by atoms with Crippen LogP contribution in [0.5, 0.6) is 0 Å². The summed E-state index contributed by atoms with van der Waals surface area (Å²) in [5, 5.41) is 2.91. The van der Waals surface area contributed by atoms with E-state index in [9.17, 15) is 18.4 Å². The Morgan fingerprint density at radius 2 is 1.44 bits per heavy atom. The van der Waals surface area contributed by atoms with E-state index in [4.69, 9.17) is 0 Å². The van der Waals surface area contributed by atoms with Gasteiger partial charge in [0, 0.05) is 25.1 Å². The van der Waals surface area contributed by atoms with E-state index in [2.05, 4.69) is 5.32 Å². The third-order valence-corrected chi connectivity index (χ3v) is 5.70. The first-order valence-electron chi connectivity index (χ1n) is 11.6. The summed E-state index contributed by atoms with van der Waals surface area (Å²) in [6, 6.07) is 20.7. The minimum Gasteiger partial charge on any atom is -0.354 e. The lowest BCUT2D eigenvalue weighted by atomic mass is 10.0. The predicted molar refractivity (Wildman–Crippen MR) is 129 cm³/mol. The Hall–Kier alpha value is -3.54. The molecule has 3 rings (SSSR count). The quantitative estimate of drug-likeness (QED) is 0.403. The highest BCUT2D eigenvalue weighted by atomic mass is 19.1. The first-order valence-corrected chi connectivity index (χ1v) is 11.6. The summed E-state index contributed by atoms with van der Waals surface area (Å²) in [6.07, 6.45) is 1.75. The lowest BCUT2D eigenvalue weighted by molar-refractivity contribution is -0.140. The van der Waals surface area contributed by atoms with Crippen LogP contribution in [0.2, 0.25) is 0 Å². The third-order valence-electron chi connectivity index (χ3n) is 5.70. The van der Waals surface area contributed by atoms with Gasteiger partial charge in [0.25, 0.3) is 0 Å². The number of amides is 2. The van der Waals surface area contributed by atoms with Crippen molar-refractivity contribution < 1.29 is 18.4 Å². The molecule has 0 heterocycles. The van der Waals surface area contributed by atoms with E-state index in [-0.39, 0.29) is 30.9 Å². The van der Waals surface area contributed by atoms with E-state index in [0.29, 0.717) is 12.1 Å². The van der Waals surface area contributed by atoms with E-state index in [0.717, 1.165) is 18.4 Å². The van der Waals surface area contributed by atoms with Crippen LogP contribution in [0.1, 0.15) is 36.5 Å². The van der Waals surface area contributed by atoms with Crippen LogP contribution in [0, 0.1) is 11.6 Å². The van der Waals surface area contributed by atoms with Gasteiger partial charge in [-0.1, -0.05) is 80.1 Å². The summed E-state index contributed by atoms with van der Waals surface area (Å²) < 4.78 is 28.9. The third kappa shape index (κ3) is 6.98. The van der Waals surface area contributed by atoms with Crippen molar-refractivity contribution >= 4 is 11.8 Å². The number of rotatable bonds is 11. The van der Waals surface area contributed by atoms with Gasteiger partial charge in [-0.15, -0.1) is 0 Å². The van der Waals surface area contributed by atoms with Crippen LogP contribution >= 0.6 is 0 Å². The molecule has 2 amide bonds. The highest BCUT2D eigenvalue weighted by Gasteiger charge is 2.31. The molecular formula is C28H30F2N2O2. The Morgan fingerprint density at radius 1 is 0.853 bits per heavy atom. The summed E-state index contributed by atoms with van der Waals surface area (Å²) in [5.41, 5.74) is 1.40. The van der Waals surface area contributed by atoms with Gasteiger partial charge in [0.1, 0.15) is 17.7 Å². The van der Waals surface area contributed by atoms with Crippen molar-refractivity contribution in [3.8, 4) is 0 Å². The number of benzene rings is 3. The first kappa shape index (κ1) is 25.1. The molecule has 0 aliphatic heterocycles. The SMILES string of the molecule is CCCCNC(=O)[C@H](Cc1ccccc1)N(Cc1ccccc1F)C(=O)Cc1ccccc1F.